The van der Waals surface area contributed by atoms with Crippen LogP contribution in [0.1, 0.15) is 11.4 Å². The number of carbonyl (C=O) groups excluding carboxylic acids is 2. The van der Waals surface area contributed by atoms with Crippen molar-refractivity contribution in [1.82, 2.24) is 14.8 Å². The van der Waals surface area contributed by atoms with Crippen LogP contribution in [0.15, 0.2) is 47.6 Å². The standard InChI is InChI=1S/C20H19FN6O4S/c1-12-7-8-13(27(30)31)9-16(12)23-19(29)11-32-20-25-24-17(26(20)2)10-18(28)22-15-6-4-3-5-14(15)21/h3-9H,10-11H2,1-2H3,(H,22,28)(H,23,29). The molecule has 0 radical (unpaired) electrons. The third-order valence-corrected chi connectivity index (χ3v) is 5.45. The lowest BCUT2D eigenvalue weighted by Gasteiger charge is -2.08. The molecule has 0 aliphatic heterocycles. The van der Waals surface area contributed by atoms with E-state index in [-0.39, 0.29) is 29.5 Å². The second kappa shape index (κ2) is 10.0. The summed E-state index contributed by atoms with van der Waals surface area (Å²) in [6, 6.07) is 10.0. The summed E-state index contributed by atoms with van der Waals surface area (Å²) in [5.41, 5.74) is 0.997. The number of amides is 2. The first-order valence-corrected chi connectivity index (χ1v) is 10.3. The summed E-state index contributed by atoms with van der Waals surface area (Å²) in [7, 11) is 1.65. The van der Waals surface area contributed by atoms with E-state index in [0.29, 0.717) is 22.2 Å². The highest BCUT2D eigenvalue weighted by Gasteiger charge is 2.16. The van der Waals surface area contributed by atoms with E-state index in [1.54, 1.807) is 30.7 Å². The van der Waals surface area contributed by atoms with E-state index in [1.807, 2.05) is 0 Å². The van der Waals surface area contributed by atoms with E-state index < -0.39 is 16.6 Å². The van der Waals surface area contributed by atoms with Crippen LogP contribution in [0.25, 0.3) is 0 Å². The number of halogens is 1. The molecular weight excluding hydrogens is 439 g/mol. The third kappa shape index (κ3) is 5.66. The number of non-ortho nitro benzene ring substituents is 1. The Balaban J connectivity index is 1.57. The zero-order valence-corrected chi connectivity index (χ0v) is 18.0. The van der Waals surface area contributed by atoms with Crippen LogP contribution in [0, 0.1) is 22.9 Å². The maximum absolute atomic E-state index is 13.7. The fourth-order valence-electron chi connectivity index (χ4n) is 2.70. The molecule has 0 saturated carbocycles. The average Bonchev–Trinajstić information content (AvgIpc) is 3.09. The molecule has 2 amide bonds. The van der Waals surface area contributed by atoms with Crippen molar-refractivity contribution in [3.05, 3.63) is 69.8 Å². The average molecular weight is 458 g/mol. The molecule has 0 aliphatic carbocycles. The molecule has 0 spiro atoms. The van der Waals surface area contributed by atoms with Crippen molar-refractivity contribution in [2.75, 3.05) is 16.4 Å². The van der Waals surface area contributed by atoms with Gasteiger partial charge in [-0.15, -0.1) is 10.2 Å². The van der Waals surface area contributed by atoms with Crippen LogP contribution >= 0.6 is 11.8 Å². The van der Waals surface area contributed by atoms with Crippen molar-refractivity contribution >= 4 is 40.6 Å². The van der Waals surface area contributed by atoms with Gasteiger partial charge in [-0.1, -0.05) is 30.0 Å². The highest BCUT2D eigenvalue weighted by molar-refractivity contribution is 7.99. The number of nitrogens with one attached hydrogen (secondary N) is 2. The number of thioether (sulfide) groups is 1. The zero-order chi connectivity index (χ0) is 23.3. The van der Waals surface area contributed by atoms with Crippen molar-refractivity contribution in [2.45, 2.75) is 18.5 Å². The molecule has 3 aromatic rings. The summed E-state index contributed by atoms with van der Waals surface area (Å²) in [5.74, 6) is -1.05. The lowest BCUT2D eigenvalue weighted by atomic mass is 10.2. The molecular formula is C20H19FN6O4S. The Hall–Kier alpha value is -3.80. The van der Waals surface area contributed by atoms with Gasteiger partial charge in [0.1, 0.15) is 11.6 Å². The predicted molar refractivity (Wildman–Crippen MR) is 117 cm³/mol. The monoisotopic (exact) mass is 458 g/mol. The number of nitrogens with zero attached hydrogens (tertiary/aromatic N) is 4. The zero-order valence-electron chi connectivity index (χ0n) is 17.2. The number of rotatable bonds is 8. The van der Waals surface area contributed by atoms with Gasteiger partial charge in [0.2, 0.25) is 11.8 Å². The van der Waals surface area contributed by atoms with Crippen LogP contribution < -0.4 is 10.6 Å². The fourth-order valence-corrected chi connectivity index (χ4v) is 3.43. The molecule has 32 heavy (non-hydrogen) atoms. The largest absolute Gasteiger partial charge is 0.325 e. The van der Waals surface area contributed by atoms with Crippen molar-refractivity contribution in [2.24, 2.45) is 7.05 Å². The summed E-state index contributed by atoms with van der Waals surface area (Å²) in [4.78, 5) is 34.9. The van der Waals surface area contributed by atoms with Gasteiger partial charge >= 0.3 is 0 Å². The van der Waals surface area contributed by atoms with E-state index in [2.05, 4.69) is 20.8 Å². The molecule has 0 fully saturated rings. The summed E-state index contributed by atoms with van der Waals surface area (Å²) < 4.78 is 15.2. The summed E-state index contributed by atoms with van der Waals surface area (Å²) in [6.45, 7) is 1.73. The van der Waals surface area contributed by atoms with Gasteiger partial charge in [-0.2, -0.15) is 0 Å². The highest BCUT2D eigenvalue weighted by Crippen LogP contribution is 2.23. The number of aromatic nitrogens is 3. The molecule has 10 nitrogen and oxygen atoms in total. The molecule has 2 aromatic carbocycles. The molecule has 0 aliphatic rings. The maximum atomic E-state index is 13.7. The van der Waals surface area contributed by atoms with Crippen LogP contribution in [0.4, 0.5) is 21.5 Å². The molecule has 0 saturated heterocycles. The second-order valence-electron chi connectivity index (χ2n) is 6.76. The SMILES string of the molecule is Cc1ccc([N+](=O)[O-])cc1NC(=O)CSc1nnc(CC(=O)Nc2ccccc2F)n1C. The Kier molecular flexibility index (Phi) is 7.15. The van der Waals surface area contributed by atoms with Crippen molar-refractivity contribution in [3.8, 4) is 0 Å². The third-order valence-electron chi connectivity index (χ3n) is 4.43. The Labute approximate surface area is 186 Å². The number of hydrogen-bond acceptors (Lipinski definition) is 7. The number of aryl methyl sites for hydroxylation is 1. The minimum absolute atomic E-state index is 0.0183. The van der Waals surface area contributed by atoms with Crippen LogP contribution in [-0.4, -0.2) is 37.3 Å². The van der Waals surface area contributed by atoms with Gasteiger partial charge in [0.25, 0.3) is 5.69 Å². The van der Waals surface area contributed by atoms with Crippen molar-refractivity contribution < 1.29 is 18.9 Å². The van der Waals surface area contributed by atoms with Gasteiger partial charge in [-0.3, -0.25) is 19.7 Å². The second-order valence-corrected chi connectivity index (χ2v) is 7.70. The van der Waals surface area contributed by atoms with Crippen LogP contribution in [-0.2, 0) is 23.1 Å². The van der Waals surface area contributed by atoms with E-state index in [1.165, 1.54) is 30.3 Å². The van der Waals surface area contributed by atoms with Gasteiger partial charge < -0.3 is 15.2 Å². The highest BCUT2D eigenvalue weighted by atomic mass is 32.2. The summed E-state index contributed by atoms with van der Waals surface area (Å²) in [6.07, 6.45) is -0.128. The van der Waals surface area contributed by atoms with Crippen LogP contribution in [0.2, 0.25) is 0 Å². The van der Waals surface area contributed by atoms with E-state index in [9.17, 15) is 24.1 Å². The maximum Gasteiger partial charge on any atom is 0.271 e. The predicted octanol–water partition coefficient (Wildman–Crippen LogP) is 3.08. The van der Waals surface area contributed by atoms with Crippen molar-refractivity contribution in [1.29, 1.82) is 0 Å². The number of para-hydroxylation sites is 1. The number of nitro benzene ring substituents is 1. The Morgan fingerprint density at radius 2 is 1.84 bits per heavy atom. The summed E-state index contributed by atoms with van der Waals surface area (Å²) >= 11 is 1.10. The Morgan fingerprint density at radius 1 is 1.12 bits per heavy atom. The minimum atomic E-state index is -0.542. The molecule has 12 heteroatoms. The number of anilines is 2. The first kappa shape index (κ1) is 22.9. The number of hydrogen-bond donors (Lipinski definition) is 2. The molecule has 0 unspecified atom stereocenters. The van der Waals surface area contributed by atoms with E-state index in [0.717, 1.165) is 11.8 Å². The minimum Gasteiger partial charge on any atom is -0.325 e. The first-order valence-electron chi connectivity index (χ1n) is 9.35. The number of benzene rings is 2. The van der Waals surface area contributed by atoms with Crippen LogP contribution in [0.5, 0.6) is 0 Å². The molecule has 1 aromatic heterocycles. The lowest BCUT2D eigenvalue weighted by Crippen LogP contribution is -2.18. The first-order chi connectivity index (χ1) is 15.2. The van der Waals surface area contributed by atoms with Crippen LogP contribution in [0.3, 0.4) is 0 Å². The van der Waals surface area contributed by atoms with Crippen molar-refractivity contribution in [3.63, 3.8) is 0 Å². The van der Waals surface area contributed by atoms with Gasteiger partial charge in [0.05, 0.1) is 28.5 Å². The fraction of sp³-hybridized carbons (Fsp3) is 0.200. The van der Waals surface area contributed by atoms with Gasteiger partial charge in [0, 0.05) is 19.2 Å². The molecule has 0 bridgehead atoms. The summed E-state index contributed by atoms with van der Waals surface area (Å²) in [5, 5.41) is 24.4. The normalized spacial score (nSPS) is 10.6. The number of carbonyl (C=O) groups is 2. The van der Waals surface area contributed by atoms with E-state index in [4.69, 9.17) is 0 Å². The van der Waals surface area contributed by atoms with Gasteiger partial charge in [0.15, 0.2) is 5.16 Å². The van der Waals surface area contributed by atoms with Gasteiger partial charge in [-0.25, -0.2) is 4.39 Å². The number of nitro groups is 1. The molecule has 0 atom stereocenters. The lowest BCUT2D eigenvalue weighted by molar-refractivity contribution is -0.384. The molecule has 166 valence electrons. The van der Waals surface area contributed by atoms with Gasteiger partial charge in [-0.05, 0) is 24.6 Å². The molecule has 2 N–H and O–H groups in total. The Bertz CT molecular complexity index is 1180. The Morgan fingerprint density at radius 3 is 2.56 bits per heavy atom. The topological polar surface area (TPSA) is 132 Å². The molecule has 3 rings (SSSR count). The quantitative estimate of drug-likeness (QED) is 0.301. The molecule has 1 heterocycles. The van der Waals surface area contributed by atoms with E-state index >= 15 is 0 Å². The smallest absolute Gasteiger partial charge is 0.271 e.